The Balaban J connectivity index is 2.03. The lowest BCUT2D eigenvalue weighted by molar-refractivity contribution is 0.0952. The summed E-state index contributed by atoms with van der Waals surface area (Å²) in [7, 11) is 0. The first-order valence-electron chi connectivity index (χ1n) is 6.17. The van der Waals surface area contributed by atoms with Gasteiger partial charge in [0.15, 0.2) is 5.78 Å². The lowest BCUT2D eigenvalue weighted by atomic mass is 9.89. The molecule has 1 saturated heterocycles. The van der Waals surface area contributed by atoms with Crippen LogP contribution in [-0.4, -0.2) is 18.9 Å². The second kappa shape index (κ2) is 5.41. The van der Waals surface area contributed by atoms with Crippen molar-refractivity contribution < 1.29 is 9.18 Å². The Morgan fingerprint density at radius 2 is 2.12 bits per heavy atom. The number of hydrogen-bond acceptors (Lipinski definition) is 2. The Hall–Kier alpha value is -1.22. The molecule has 0 unspecified atom stereocenters. The van der Waals surface area contributed by atoms with E-state index in [1.54, 1.807) is 13.0 Å². The van der Waals surface area contributed by atoms with E-state index >= 15 is 0 Å². The molecule has 0 radical (unpaired) electrons. The second-order valence-electron chi connectivity index (χ2n) is 4.78. The highest BCUT2D eigenvalue weighted by Gasteiger charge is 2.18. The molecule has 1 aromatic rings. The standard InChI is InChI=1S/C14H18FNO/c1-10-8-12(15)2-3-13(10)14(17)9-11-4-6-16-7-5-11/h2-3,8,11,16H,4-7,9H2,1H3. The number of carbonyl (C=O) groups excluding carboxylic acids is 1. The molecule has 1 aliphatic heterocycles. The maximum absolute atomic E-state index is 12.9. The smallest absolute Gasteiger partial charge is 0.163 e. The van der Waals surface area contributed by atoms with Gasteiger partial charge in [-0.3, -0.25) is 4.79 Å². The molecular formula is C14H18FNO. The largest absolute Gasteiger partial charge is 0.317 e. The zero-order valence-corrected chi connectivity index (χ0v) is 10.1. The minimum atomic E-state index is -0.277. The summed E-state index contributed by atoms with van der Waals surface area (Å²) in [5.74, 6) is 0.350. The molecule has 17 heavy (non-hydrogen) atoms. The molecule has 1 heterocycles. The first-order chi connectivity index (χ1) is 8.16. The summed E-state index contributed by atoms with van der Waals surface area (Å²) >= 11 is 0. The highest BCUT2D eigenvalue weighted by Crippen LogP contribution is 2.20. The molecule has 1 fully saturated rings. The van der Waals surface area contributed by atoms with Gasteiger partial charge in [-0.05, 0) is 62.5 Å². The van der Waals surface area contributed by atoms with Gasteiger partial charge < -0.3 is 5.32 Å². The molecule has 0 atom stereocenters. The number of aryl methyl sites for hydroxylation is 1. The average Bonchev–Trinajstić information content (AvgIpc) is 2.30. The average molecular weight is 235 g/mol. The van der Waals surface area contributed by atoms with Crippen molar-refractivity contribution in [3.05, 3.63) is 35.1 Å². The highest BCUT2D eigenvalue weighted by atomic mass is 19.1. The summed E-state index contributed by atoms with van der Waals surface area (Å²) in [5.41, 5.74) is 1.41. The fourth-order valence-electron chi connectivity index (χ4n) is 2.40. The molecule has 2 rings (SSSR count). The second-order valence-corrected chi connectivity index (χ2v) is 4.78. The summed E-state index contributed by atoms with van der Waals surface area (Å²) in [6, 6.07) is 4.40. The summed E-state index contributed by atoms with van der Waals surface area (Å²) in [5, 5.41) is 3.29. The normalized spacial score (nSPS) is 17.1. The third kappa shape index (κ3) is 3.13. The Labute approximate surface area is 101 Å². The Bertz CT molecular complexity index is 411. The van der Waals surface area contributed by atoms with Gasteiger partial charge in [0.05, 0.1) is 0 Å². The van der Waals surface area contributed by atoms with E-state index in [-0.39, 0.29) is 11.6 Å². The molecule has 2 nitrogen and oxygen atoms in total. The van der Waals surface area contributed by atoms with Crippen LogP contribution in [0.3, 0.4) is 0 Å². The highest BCUT2D eigenvalue weighted by molar-refractivity contribution is 5.97. The van der Waals surface area contributed by atoms with Crippen LogP contribution in [0.15, 0.2) is 18.2 Å². The van der Waals surface area contributed by atoms with Crippen LogP contribution < -0.4 is 5.32 Å². The molecule has 92 valence electrons. The minimum Gasteiger partial charge on any atom is -0.317 e. The summed E-state index contributed by atoms with van der Waals surface area (Å²) in [6.07, 6.45) is 2.71. The number of piperidine rings is 1. The van der Waals surface area contributed by atoms with Crippen LogP contribution in [0.25, 0.3) is 0 Å². The summed E-state index contributed by atoms with van der Waals surface area (Å²) in [6.45, 7) is 3.79. The van der Waals surface area contributed by atoms with Gasteiger partial charge >= 0.3 is 0 Å². The van der Waals surface area contributed by atoms with Gasteiger partial charge in [-0.25, -0.2) is 4.39 Å². The van der Waals surface area contributed by atoms with Crippen LogP contribution in [0, 0.1) is 18.7 Å². The van der Waals surface area contributed by atoms with Crippen LogP contribution in [0.4, 0.5) is 4.39 Å². The number of rotatable bonds is 3. The minimum absolute atomic E-state index is 0.148. The molecule has 1 N–H and O–H groups in total. The van der Waals surface area contributed by atoms with E-state index < -0.39 is 0 Å². The lowest BCUT2D eigenvalue weighted by Crippen LogP contribution is -2.29. The zero-order valence-electron chi connectivity index (χ0n) is 10.1. The molecule has 0 spiro atoms. The van der Waals surface area contributed by atoms with E-state index in [9.17, 15) is 9.18 Å². The predicted molar refractivity (Wildman–Crippen MR) is 65.7 cm³/mol. The van der Waals surface area contributed by atoms with Gasteiger partial charge in [-0.1, -0.05) is 0 Å². The van der Waals surface area contributed by atoms with Gasteiger partial charge in [-0.2, -0.15) is 0 Å². The lowest BCUT2D eigenvalue weighted by Gasteiger charge is -2.22. The van der Waals surface area contributed by atoms with Gasteiger partial charge in [-0.15, -0.1) is 0 Å². The van der Waals surface area contributed by atoms with Crippen molar-refractivity contribution in [3.63, 3.8) is 0 Å². The fourth-order valence-corrected chi connectivity index (χ4v) is 2.40. The van der Waals surface area contributed by atoms with Crippen LogP contribution in [0.1, 0.15) is 35.2 Å². The van der Waals surface area contributed by atoms with Crippen molar-refractivity contribution in [1.82, 2.24) is 5.32 Å². The number of Topliss-reactive ketones (excluding diaryl/α,β-unsaturated/α-hetero) is 1. The van der Waals surface area contributed by atoms with E-state index in [2.05, 4.69) is 5.32 Å². The van der Waals surface area contributed by atoms with Gasteiger partial charge in [0.1, 0.15) is 5.82 Å². The number of hydrogen-bond donors (Lipinski definition) is 1. The van der Waals surface area contributed by atoms with Crippen molar-refractivity contribution in [1.29, 1.82) is 0 Å². The number of halogens is 1. The van der Waals surface area contributed by atoms with Crippen molar-refractivity contribution in [2.24, 2.45) is 5.92 Å². The van der Waals surface area contributed by atoms with E-state index in [1.165, 1.54) is 12.1 Å². The predicted octanol–water partition coefficient (Wildman–Crippen LogP) is 2.71. The first-order valence-corrected chi connectivity index (χ1v) is 6.17. The molecule has 3 heteroatoms. The third-order valence-corrected chi connectivity index (χ3v) is 3.42. The van der Waals surface area contributed by atoms with E-state index in [0.717, 1.165) is 31.5 Å². The first kappa shape index (κ1) is 12.2. The fraction of sp³-hybridized carbons (Fsp3) is 0.500. The Morgan fingerprint density at radius 1 is 1.41 bits per heavy atom. The van der Waals surface area contributed by atoms with E-state index in [4.69, 9.17) is 0 Å². The summed E-state index contributed by atoms with van der Waals surface area (Å²) < 4.78 is 12.9. The van der Waals surface area contributed by atoms with Crippen molar-refractivity contribution >= 4 is 5.78 Å². The molecule has 0 saturated carbocycles. The quantitative estimate of drug-likeness (QED) is 0.816. The van der Waals surface area contributed by atoms with Crippen LogP contribution in [0.2, 0.25) is 0 Å². The van der Waals surface area contributed by atoms with Crippen molar-refractivity contribution in [2.45, 2.75) is 26.2 Å². The number of nitrogens with one attached hydrogen (secondary N) is 1. The maximum Gasteiger partial charge on any atom is 0.163 e. The zero-order chi connectivity index (χ0) is 12.3. The molecule has 1 aliphatic rings. The molecule has 1 aromatic carbocycles. The van der Waals surface area contributed by atoms with Crippen LogP contribution in [-0.2, 0) is 0 Å². The number of benzene rings is 1. The summed E-state index contributed by atoms with van der Waals surface area (Å²) in [4.78, 5) is 12.1. The Kier molecular flexibility index (Phi) is 3.89. The van der Waals surface area contributed by atoms with Crippen molar-refractivity contribution in [3.8, 4) is 0 Å². The van der Waals surface area contributed by atoms with E-state index in [0.29, 0.717) is 17.9 Å². The van der Waals surface area contributed by atoms with Gasteiger partial charge in [0.25, 0.3) is 0 Å². The molecule has 0 bridgehead atoms. The Morgan fingerprint density at radius 3 is 2.76 bits per heavy atom. The topological polar surface area (TPSA) is 29.1 Å². The molecule has 0 aromatic heterocycles. The monoisotopic (exact) mass is 235 g/mol. The molecule has 0 aliphatic carbocycles. The van der Waals surface area contributed by atoms with Crippen LogP contribution >= 0.6 is 0 Å². The number of carbonyl (C=O) groups is 1. The van der Waals surface area contributed by atoms with Crippen LogP contribution in [0.5, 0.6) is 0 Å². The van der Waals surface area contributed by atoms with E-state index in [1.807, 2.05) is 0 Å². The third-order valence-electron chi connectivity index (χ3n) is 3.42. The van der Waals surface area contributed by atoms with Crippen molar-refractivity contribution in [2.75, 3.05) is 13.1 Å². The van der Waals surface area contributed by atoms with Gasteiger partial charge in [0.2, 0.25) is 0 Å². The maximum atomic E-state index is 12.9. The number of ketones is 1. The molecule has 0 amide bonds. The molecular weight excluding hydrogens is 217 g/mol. The van der Waals surface area contributed by atoms with Gasteiger partial charge in [0, 0.05) is 12.0 Å². The SMILES string of the molecule is Cc1cc(F)ccc1C(=O)CC1CCNCC1.